The van der Waals surface area contributed by atoms with E-state index in [1.807, 2.05) is 35.8 Å². The Morgan fingerprint density at radius 1 is 1.22 bits per heavy atom. The van der Waals surface area contributed by atoms with Gasteiger partial charge in [0.25, 0.3) is 11.6 Å². The summed E-state index contributed by atoms with van der Waals surface area (Å²) in [5, 5.41) is 17.3. The molecule has 0 saturated heterocycles. The number of amides is 1. The summed E-state index contributed by atoms with van der Waals surface area (Å²) < 4.78 is 12.3. The van der Waals surface area contributed by atoms with E-state index in [0.29, 0.717) is 44.5 Å². The number of benzene rings is 2. The van der Waals surface area contributed by atoms with E-state index in [4.69, 9.17) is 9.47 Å². The average molecular weight is 441 g/mol. The van der Waals surface area contributed by atoms with Crippen LogP contribution in [0.2, 0.25) is 0 Å². The van der Waals surface area contributed by atoms with Crippen molar-refractivity contribution in [3.8, 4) is 0 Å². The van der Waals surface area contributed by atoms with Crippen LogP contribution in [0.25, 0.3) is 11.0 Å². The predicted molar refractivity (Wildman–Crippen MR) is 122 cm³/mol. The van der Waals surface area contributed by atoms with Gasteiger partial charge in [-0.25, -0.2) is 4.98 Å². The van der Waals surface area contributed by atoms with E-state index in [0.717, 1.165) is 17.5 Å². The highest BCUT2D eigenvalue weighted by Gasteiger charge is 2.19. The van der Waals surface area contributed by atoms with E-state index < -0.39 is 10.8 Å². The molecule has 2 N–H and O–H groups in total. The molecule has 10 heteroatoms. The van der Waals surface area contributed by atoms with Gasteiger partial charge in [-0.15, -0.1) is 0 Å². The van der Waals surface area contributed by atoms with E-state index in [-0.39, 0.29) is 11.3 Å². The zero-order valence-electron chi connectivity index (χ0n) is 18.2. The fraction of sp³-hybridized carbons (Fsp3) is 0.364. The first-order valence-corrected chi connectivity index (χ1v) is 10.4. The van der Waals surface area contributed by atoms with Crippen LogP contribution in [0.5, 0.6) is 0 Å². The quantitative estimate of drug-likeness (QED) is 0.250. The lowest BCUT2D eigenvalue weighted by Crippen LogP contribution is -2.17. The SMILES string of the molecule is CCOCCCn1c(NC(=O)c2ccc(NCCOC)c([N+](=O)[O-])c2)nc2ccccc21. The molecule has 170 valence electrons. The van der Waals surface area contributed by atoms with Gasteiger partial charge >= 0.3 is 0 Å². The highest BCUT2D eigenvalue weighted by atomic mass is 16.6. The Morgan fingerprint density at radius 2 is 2.03 bits per heavy atom. The fourth-order valence-corrected chi connectivity index (χ4v) is 3.30. The first kappa shape index (κ1) is 23.2. The Balaban J connectivity index is 1.83. The third-order valence-electron chi connectivity index (χ3n) is 4.83. The lowest BCUT2D eigenvalue weighted by Gasteiger charge is -2.11. The van der Waals surface area contributed by atoms with Crippen LogP contribution in [-0.2, 0) is 16.0 Å². The zero-order chi connectivity index (χ0) is 22.9. The molecular weight excluding hydrogens is 414 g/mol. The standard InChI is InChI=1S/C22H27N5O5/c1-3-32-13-6-12-26-19-8-5-4-7-18(19)24-22(26)25-21(28)16-9-10-17(23-11-14-31-2)20(15-16)27(29)30/h4-5,7-10,15,23H,3,6,11-14H2,1-2H3,(H,24,25,28). The number of carbonyl (C=O) groups is 1. The van der Waals surface area contributed by atoms with Crippen LogP contribution in [-0.4, -0.2) is 53.9 Å². The molecule has 0 unspecified atom stereocenters. The molecule has 1 aromatic heterocycles. The third-order valence-corrected chi connectivity index (χ3v) is 4.83. The first-order valence-electron chi connectivity index (χ1n) is 10.4. The number of nitro groups is 1. The third kappa shape index (κ3) is 5.59. The molecule has 3 rings (SSSR count). The molecule has 0 fully saturated rings. The van der Waals surface area contributed by atoms with Gasteiger partial charge in [0.1, 0.15) is 5.69 Å². The van der Waals surface area contributed by atoms with Crippen LogP contribution < -0.4 is 10.6 Å². The van der Waals surface area contributed by atoms with E-state index in [1.165, 1.54) is 12.1 Å². The van der Waals surface area contributed by atoms with Crippen molar-refractivity contribution in [2.45, 2.75) is 19.9 Å². The maximum atomic E-state index is 12.9. The van der Waals surface area contributed by atoms with Gasteiger partial charge in [0.2, 0.25) is 5.95 Å². The van der Waals surface area contributed by atoms with Gasteiger partial charge < -0.3 is 19.4 Å². The van der Waals surface area contributed by atoms with Crippen LogP contribution >= 0.6 is 0 Å². The molecule has 32 heavy (non-hydrogen) atoms. The van der Waals surface area contributed by atoms with Gasteiger partial charge in [0, 0.05) is 45.0 Å². The molecule has 1 heterocycles. The summed E-state index contributed by atoms with van der Waals surface area (Å²) in [4.78, 5) is 28.4. The molecule has 0 aliphatic carbocycles. The molecular formula is C22H27N5O5. The lowest BCUT2D eigenvalue weighted by atomic mass is 10.1. The van der Waals surface area contributed by atoms with Crippen molar-refractivity contribution >= 4 is 34.3 Å². The summed E-state index contributed by atoms with van der Waals surface area (Å²) in [6.45, 7) is 4.60. The van der Waals surface area contributed by atoms with Crippen molar-refractivity contribution in [3.63, 3.8) is 0 Å². The predicted octanol–water partition coefficient (Wildman–Crippen LogP) is 3.68. The summed E-state index contributed by atoms with van der Waals surface area (Å²) in [6, 6.07) is 11.9. The molecule has 2 aromatic carbocycles. The smallest absolute Gasteiger partial charge is 0.293 e. The molecule has 3 aromatic rings. The van der Waals surface area contributed by atoms with Crippen molar-refractivity contribution < 1.29 is 19.2 Å². The second-order valence-electron chi connectivity index (χ2n) is 6.99. The Hall–Kier alpha value is -3.50. The van der Waals surface area contributed by atoms with Gasteiger partial charge in [-0.2, -0.15) is 0 Å². The largest absolute Gasteiger partial charge is 0.383 e. The number of fused-ring (bicyclic) bond motifs is 1. The van der Waals surface area contributed by atoms with Crippen LogP contribution in [0.15, 0.2) is 42.5 Å². The number of aryl methyl sites for hydroxylation is 1. The summed E-state index contributed by atoms with van der Waals surface area (Å²) in [5.74, 6) is -0.0875. The molecule has 1 amide bonds. The number of rotatable bonds is 12. The molecule has 0 saturated carbocycles. The van der Waals surface area contributed by atoms with Gasteiger partial charge in [-0.1, -0.05) is 12.1 Å². The maximum Gasteiger partial charge on any atom is 0.293 e. The number of nitrogens with one attached hydrogen (secondary N) is 2. The Labute approximate surface area is 185 Å². The number of imidazole rings is 1. The summed E-state index contributed by atoms with van der Waals surface area (Å²) >= 11 is 0. The summed E-state index contributed by atoms with van der Waals surface area (Å²) in [5.41, 5.74) is 1.96. The van der Waals surface area contributed by atoms with Crippen LogP contribution in [0.1, 0.15) is 23.7 Å². The first-order chi connectivity index (χ1) is 15.5. The number of methoxy groups -OCH3 is 1. The van der Waals surface area contributed by atoms with Crippen LogP contribution in [0, 0.1) is 10.1 Å². The monoisotopic (exact) mass is 441 g/mol. The van der Waals surface area contributed by atoms with Crippen molar-refractivity contribution in [1.29, 1.82) is 0 Å². The van der Waals surface area contributed by atoms with Gasteiger partial charge in [-0.05, 0) is 37.6 Å². The van der Waals surface area contributed by atoms with E-state index >= 15 is 0 Å². The summed E-state index contributed by atoms with van der Waals surface area (Å²) in [6.07, 6.45) is 0.754. The molecule has 0 radical (unpaired) electrons. The minimum Gasteiger partial charge on any atom is -0.383 e. The number of hydrogen-bond donors (Lipinski definition) is 2. The van der Waals surface area contributed by atoms with Crippen molar-refractivity contribution in [3.05, 3.63) is 58.1 Å². The van der Waals surface area contributed by atoms with Gasteiger partial charge in [0.05, 0.1) is 22.6 Å². The number of nitrogens with zero attached hydrogens (tertiary/aromatic N) is 3. The van der Waals surface area contributed by atoms with E-state index in [9.17, 15) is 14.9 Å². The molecule has 0 bridgehead atoms. The molecule has 10 nitrogen and oxygen atoms in total. The average Bonchev–Trinajstić information content (AvgIpc) is 3.13. The molecule has 0 aliphatic rings. The van der Waals surface area contributed by atoms with Gasteiger partial charge in [0.15, 0.2) is 0 Å². The summed E-state index contributed by atoms with van der Waals surface area (Å²) in [7, 11) is 1.55. The second kappa shape index (κ2) is 11.2. The number of ether oxygens (including phenoxy) is 2. The number of aromatic nitrogens is 2. The van der Waals surface area contributed by atoms with Crippen molar-refractivity contribution in [1.82, 2.24) is 9.55 Å². The molecule has 0 aliphatic heterocycles. The number of nitro benzene ring substituents is 1. The van der Waals surface area contributed by atoms with Crippen molar-refractivity contribution in [2.75, 3.05) is 44.1 Å². The van der Waals surface area contributed by atoms with Crippen molar-refractivity contribution in [2.24, 2.45) is 0 Å². The number of carbonyl (C=O) groups excluding carboxylic acids is 1. The Morgan fingerprint density at radius 3 is 2.78 bits per heavy atom. The minimum absolute atomic E-state index is 0.168. The Bertz CT molecular complexity index is 1080. The fourth-order valence-electron chi connectivity index (χ4n) is 3.30. The lowest BCUT2D eigenvalue weighted by molar-refractivity contribution is -0.384. The molecule has 0 spiro atoms. The number of anilines is 2. The maximum absolute atomic E-state index is 12.9. The highest BCUT2D eigenvalue weighted by Crippen LogP contribution is 2.26. The topological polar surface area (TPSA) is 121 Å². The number of para-hydroxylation sites is 2. The zero-order valence-corrected chi connectivity index (χ0v) is 18.2. The number of hydrogen-bond acceptors (Lipinski definition) is 7. The van der Waals surface area contributed by atoms with E-state index in [2.05, 4.69) is 15.6 Å². The minimum atomic E-state index is -0.519. The van der Waals surface area contributed by atoms with Crippen LogP contribution in [0.3, 0.4) is 0 Å². The van der Waals surface area contributed by atoms with Crippen LogP contribution in [0.4, 0.5) is 17.3 Å². The van der Waals surface area contributed by atoms with E-state index in [1.54, 1.807) is 13.2 Å². The molecule has 0 atom stereocenters. The highest BCUT2D eigenvalue weighted by molar-refractivity contribution is 6.05. The Kier molecular flexibility index (Phi) is 8.12. The second-order valence-corrected chi connectivity index (χ2v) is 6.99. The normalized spacial score (nSPS) is 10.9. The van der Waals surface area contributed by atoms with Gasteiger partial charge in [-0.3, -0.25) is 20.2 Å².